The van der Waals surface area contributed by atoms with Gasteiger partial charge in [-0.1, -0.05) is 12.1 Å². The Hall–Kier alpha value is -1.33. The zero-order valence-electron chi connectivity index (χ0n) is 9.53. The molecule has 1 aromatic rings. The van der Waals surface area contributed by atoms with E-state index in [0.29, 0.717) is 0 Å². The summed E-state index contributed by atoms with van der Waals surface area (Å²) in [5, 5.41) is 8.75. The summed E-state index contributed by atoms with van der Waals surface area (Å²) in [5.74, 6) is 0. The van der Waals surface area contributed by atoms with Crippen LogP contribution in [0.1, 0.15) is 24.0 Å². The summed E-state index contributed by atoms with van der Waals surface area (Å²) >= 11 is 0. The molecule has 0 radical (unpaired) electrons. The molecule has 0 heterocycles. The maximum Gasteiger partial charge on any atom is 0.0991 e. The van der Waals surface area contributed by atoms with Crippen LogP contribution in [0.4, 0.5) is 0 Å². The molecule has 0 spiro atoms. The molecule has 0 N–H and O–H groups in total. The first kappa shape index (κ1) is 11.7. The normalized spacial score (nSPS) is 10.3. The van der Waals surface area contributed by atoms with Gasteiger partial charge in [-0.15, -0.1) is 0 Å². The van der Waals surface area contributed by atoms with Gasteiger partial charge in [0, 0.05) is 0 Å². The van der Waals surface area contributed by atoms with Crippen LogP contribution >= 0.6 is 0 Å². The lowest BCUT2D eigenvalue weighted by molar-refractivity contribution is 0.394. The molecule has 0 aromatic heterocycles. The molecule has 2 heteroatoms. The fraction of sp³-hybridized carbons (Fsp3) is 0.462. The Labute approximate surface area is 92.1 Å². The maximum atomic E-state index is 8.75. The van der Waals surface area contributed by atoms with Gasteiger partial charge in [0.25, 0.3) is 0 Å². The second-order valence-electron chi connectivity index (χ2n) is 4.07. The van der Waals surface area contributed by atoms with Gasteiger partial charge in [0.15, 0.2) is 0 Å². The Kier molecular flexibility index (Phi) is 4.86. The molecular weight excluding hydrogens is 184 g/mol. The molecule has 0 aliphatic carbocycles. The van der Waals surface area contributed by atoms with Crippen molar-refractivity contribution in [3.63, 3.8) is 0 Å². The average molecular weight is 202 g/mol. The highest BCUT2D eigenvalue weighted by molar-refractivity contribution is 5.32. The minimum atomic E-state index is 0.764. The van der Waals surface area contributed by atoms with Crippen molar-refractivity contribution in [1.82, 2.24) is 4.90 Å². The number of benzene rings is 1. The van der Waals surface area contributed by atoms with Crippen LogP contribution in [0.3, 0.4) is 0 Å². The summed E-state index contributed by atoms with van der Waals surface area (Å²) in [5.41, 5.74) is 2.04. The molecule has 2 nitrogen and oxygen atoms in total. The van der Waals surface area contributed by atoms with Crippen LogP contribution in [0.25, 0.3) is 0 Å². The van der Waals surface area contributed by atoms with E-state index in [9.17, 15) is 0 Å². The van der Waals surface area contributed by atoms with Crippen molar-refractivity contribution in [1.29, 1.82) is 5.26 Å². The van der Waals surface area contributed by atoms with Crippen molar-refractivity contribution in [2.24, 2.45) is 0 Å². The Bertz CT molecular complexity index is 337. The van der Waals surface area contributed by atoms with Crippen molar-refractivity contribution in [2.75, 3.05) is 20.6 Å². The Morgan fingerprint density at radius 2 is 2.07 bits per heavy atom. The molecule has 0 aliphatic heterocycles. The van der Waals surface area contributed by atoms with Gasteiger partial charge in [0.1, 0.15) is 0 Å². The number of aryl methyl sites for hydroxylation is 1. The molecule has 0 saturated heterocycles. The summed E-state index contributed by atoms with van der Waals surface area (Å²) in [7, 11) is 4.19. The van der Waals surface area contributed by atoms with E-state index < -0.39 is 0 Å². The number of hydrogen-bond donors (Lipinski definition) is 0. The lowest BCUT2D eigenvalue weighted by atomic mass is 10.1. The topological polar surface area (TPSA) is 27.0 Å². The number of hydrogen-bond acceptors (Lipinski definition) is 2. The number of rotatable bonds is 5. The quantitative estimate of drug-likeness (QED) is 0.686. The van der Waals surface area contributed by atoms with E-state index in [4.69, 9.17) is 5.26 Å². The van der Waals surface area contributed by atoms with Gasteiger partial charge in [-0.3, -0.25) is 0 Å². The third kappa shape index (κ3) is 4.62. The Morgan fingerprint density at radius 3 is 2.73 bits per heavy atom. The fourth-order valence-corrected chi connectivity index (χ4v) is 1.55. The lowest BCUT2D eigenvalue weighted by Crippen LogP contribution is -2.12. The molecule has 0 bridgehead atoms. The zero-order chi connectivity index (χ0) is 11.1. The van der Waals surface area contributed by atoms with Crippen molar-refractivity contribution in [3.05, 3.63) is 35.4 Å². The molecule has 0 fully saturated rings. The van der Waals surface area contributed by atoms with Gasteiger partial charge in [0.2, 0.25) is 0 Å². The van der Waals surface area contributed by atoms with E-state index in [-0.39, 0.29) is 0 Å². The molecule has 0 saturated carbocycles. The summed E-state index contributed by atoms with van der Waals surface area (Å²) in [6, 6.07) is 10.1. The van der Waals surface area contributed by atoms with Crippen LogP contribution in [-0.2, 0) is 6.42 Å². The SMILES string of the molecule is CN(C)CCCCc1cccc(C#N)c1. The highest BCUT2D eigenvalue weighted by Crippen LogP contribution is 2.08. The van der Waals surface area contributed by atoms with Crippen LogP contribution in [0.2, 0.25) is 0 Å². The zero-order valence-corrected chi connectivity index (χ0v) is 9.53. The van der Waals surface area contributed by atoms with Crippen LogP contribution in [0.5, 0.6) is 0 Å². The molecule has 0 amide bonds. The van der Waals surface area contributed by atoms with Gasteiger partial charge < -0.3 is 4.90 Å². The summed E-state index contributed by atoms with van der Waals surface area (Å²) in [6.45, 7) is 1.14. The average Bonchev–Trinajstić information content (AvgIpc) is 2.24. The molecule has 0 aliphatic rings. The minimum Gasteiger partial charge on any atom is -0.309 e. The van der Waals surface area contributed by atoms with E-state index in [2.05, 4.69) is 31.1 Å². The standard InChI is InChI=1S/C13H18N2/c1-15(2)9-4-3-6-12-7-5-8-13(10-12)11-14/h5,7-8,10H,3-4,6,9H2,1-2H3. The molecule has 0 unspecified atom stereocenters. The van der Waals surface area contributed by atoms with Crippen molar-refractivity contribution < 1.29 is 0 Å². The number of nitriles is 1. The van der Waals surface area contributed by atoms with Crippen LogP contribution in [0.15, 0.2) is 24.3 Å². The van der Waals surface area contributed by atoms with Crippen LogP contribution in [-0.4, -0.2) is 25.5 Å². The van der Waals surface area contributed by atoms with E-state index >= 15 is 0 Å². The van der Waals surface area contributed by atoms with Gasteiger partial charge >= 0.3 is 0 Å². The third-order valence-electron chi connectivity index (χ3n) is 2.38. The van der Waals surface area contributed by atoms with E-state index in [1.54, 1.807) is 0 Å². The summed E-state index contributed by atoms with van der Waals surface area (Å²) < 4.78 is 0. The molecule has 80 valence electrons. The first-order valence-corrected chi connectivity index (χ1v) is 5.36. The number of unbranched alkanes of at least 4 members (excludes halogenated alkanes) is 1. The van der Waals surface area contributed by atoms with Crippen molar-refractivity contribution in [2.45, 2.75) is 19.3 Å². The van der Waals surface area contributed by atoms with Crippen molar-refractivity contribution >= 4 is 0 Å². The van der Waals surface area contributed by atoms with Crippen LogP contribution in [0, 0.1) is 11.3 Å². The molecule has 15 heavy (non-hydrogen) atoms. The molecule has 1 rings (SSSR count). The van der Waals surface area contributed by atoms with Gasteiger partial charge in [-0.25, -0.2) is 0 Å². The second kappa shape index (κ2) is 6.21. The fourth-order valence-electron chi connectivity index (χ4n) is 1.55. The first-order chi connectivity index (χ1) is 7.22. The lowest BCUT2D eigenvalue weighted by Gasteiger charge is -2.08. The smallest absolute Gasteiger partial charge is 0.0991 e. The molecular formula is C13H18N2. The highest BCUT2D eigenvalue weighted by Gasteiger charge is 1.96. The van der Waals surface area contributed by atoms with E-state index in [0.717, 1.165) is 18.5 Å². The van der Waals surface area contributed by atoms with Crippen molar-refractivity contribution in [3.8, 4) is 6.07 Å². The van der Waals surface area contributed by atoms with Gasteiger partial charge in [-0.05, 0) is 57.6 Å². The van der Waals surface area contributed by atoms with Gasteiger partial charge in [0.05, 0.1) is 11.6 Å². The predicted molar refractivity (Wildman–Crippen MR) is 62.6 cm³/mol. The van der Waals surface area contributed by atoms with Gasteiger partial charge in [-0.2, -0.15) is 5.26 Å². The Morgan fingerprint density at radius 1 is 1.27 bits per heavy atom. The highest BCUT2D eigenvalue weighted by atomic mass is 15.0. The third-order valence-corrected chi connectivity index (χ3v) is 2.38. The monoisotopic (exact) mass is 202 g/mol. The molecule has 0 atom stereocenters. The van der Waals surface area contributed by atoms with E-state index in [1.807, 2.05) is 18.2 Å². The van der Waals surface area contributed by atoms with E-state index in [1.165, 1.54) is 18.4 Å². The second-order valence-corrected chi connectivity index (χ2v) is 4.07. The maximum absolute atomic E-state index is 8.75. The minimum absolute atomic E-state index is 0.764. The Balaban J connectivity index is 2.35. The summed E-state index contributed by atoms with van der Waals surface area (Å²) in [4.78, 5) is 2.20. The summed E-state index contributed by atoms with van der Waals surface area (Å²) in [6.07, 6.45) is 3.47. The van der Waals surface area contributed by atoms with Crippen LogP contribution < -0.4 is 0 Å². The first-order valence-electron chi connectivity index (χ1n) is 5.36. The molecule has 1 aromatic carbocycles. The largest absolute Gasteiger partial charge is 0.309 e. The predicted octanol–water partition coefficient (Wildman–Crippen LogP) is 2.44. The number of nitrogens with zero attached hydrogens (tertiary/aromatic N) is 2.